The van der Waals surface area contributed by atoms with Crippen LogP contribution in [0.2, 0.25) is 0 Å². The lowest BCUT2D eigenvalue weighted by Gasteiger charge is -2.07. The Balaban J connectivity index is 1.73. The topological polar surface area (TPSA) is 119 Å². The minimum Gasteiger partial charge on any atom is -0.497 e. The van der Waals surface area contributed by atoms with E-state index in [4.69, 9.17) is 14.6 Å². The van der Waals surface area contributed by atoms with Crippen LogP contribution in [-0.4, -0.2) is 46.2 Å². The van der Waals surface area contributed by atoms with Gasteiger partial charge in [-0.2, -0.15) is 10.2 Å². The highest BCUT2D eigenvalue weighted by Crippen LogP contribution is 2.22. The highest BCUT2D eigenvalue weighted by atomic mass is 79.9. The fourth-order valence-corrected chi connectivity index (χ4v) is 2.68. The van der Waals surface area contributed by atoms with E-state index in [9.17, 15) is 4.79 Å². The Morgan fingerprint density at radius 1 is 1.28 bits per heavy atom. The Kier molecular flexibility index (Phi) is 6.69. The summed E-state index contributed by atoms with van der Waals surface area (Å²) in [5, 5.41) is 20.7. The first-order valence-electron chi connectivity index (χ1n) is 8.32. The molecule has 2 N–H and O–H groups in total. The lowest BCUT2D eigenvalue weighted by atomic mass is 10.1. The number of carboxylic acids is 1. The predicted molar refractivity (Wildman–Crippen MR) is 110 cm³/mol. The molecule has 0 aliphatic rings. The van der Waals surface area contributed by atoms with Crippen molar-refractivity contribution in [1.29, 1.82) is 0 Å². The highest BCUT2D eigenvalue weighted by molar-refractivity contribution is 9.10. The molecule has 0 atom stereocenters. The number of aromatic nitrogens is 3. The molecule has 10 heteroatoms. The second-order valence-electron chi connectivity index (χ2n) is 5.63. The fourth-order valence-electron chi connectivity index (χ4n) is 2.30. The van der Waals surface area contributed by atoms with Gasteiger partial charge in [0.15, 0.2) is 6.61 Å². The van der Waals surface area contributed by atoms with E-state index in [-0.39, 0.29) is 5.95 Å². The number of carbonyl (C=O) groups is 1. The number of methoxy groups -OCH3 is 1. The van der Waals surface area contributed by atoms with Crippen molar-refractivity contribution >= 4 is 34.1 Å². The molecule has 0 bridgehead atoms. The summed E-state index contributed by atoms with van der Waals surface area (Å²) >= 11 is 3.36. The standard InChI is InChI=1S/C19H16BrN5O4/c1-28-15-5-2-12(3-6-15)16-10-22-25-19(23-16)24-21-9-13-8-14(20)4-7-17(13)29-11-18(26)27/h2-10H,11H2,1H3,(H,26,27)(H,23,24,25)/b21-9-. The van der Waals surface area contributed by atoms with Gasteiger partial charge in [0, 0.05) is 15.6 Å². The minimum atomic E-state index is -1.07. The van der Waals surface area contributed by atoms with E-state index in [1.54, 1.807) is 31.5 Å². The molecule has 0 fully saturated rings. The number of nitrogens with zero attached hydrogens (tertiary/aromatic N) is 4. The van der Waals surface area contributed by atoms with Gasteiger partial charge in [-0.05, 0) is 42.5 Å². The third-order valence-corrected chi connectivity index (χ3v) is 4.13. The minimum absolute atomic E-state index is 0.206. The lowest BCUT2D eigenvalue weighted by Crippen LogP contribution is -2.10. The Labute approximate surface area is 174 Å². The summed E-state index contributed by atoms with van der Waals surface area (Å²) in [6.45, 7) is -0.452. The average molecular weight is 458 g/mol. The van der Waals surface area contributed by atoms with Crippen LogP contribution in [0.4, 0.5) is 5.95 Å². The van der Waals surface area contributed by atoms with Gasteiger partial charge in [0.2, 0.25) is 0 Å². The molecule has 2 aromatic carbocycles. The van der Waals surface area contributed by atoms with E-state index in [0.717, 1.165) is 15.8 Å². The number of rotatable bonds is 8. The molecule has 9 nitrogen and oxygen atoms in total. The molecule has 3 rings (SSSR count). The normalized spacial score (nSPS) is 10.7. The van der Waals surface area contributed by atoms with Crippen LogP contribution in [0.15, 0.2) is 58.2 Å². The number of aliphatic carboxylic acids is 1. The maximum atomic E-state index is 10.7. The van der Waals surface area contributed by atoms with Crippen LogP contribution in [0, 0.1) is 0 Å². The number of hydrazone groups is 1. The third kappa shape index (κ3) is 5.72. The highest BCUT2D eigenvalue weighted by Gasteiger charge is 2.06. The number of hydrogen-bond donors (Lipinski definition) is 2. The summed E-state index contributed by atoms with van der Waals surface area (Å²) in [6.07, 6.45) is 3.02. The second-order valence-corrected chi connectivity index (χ2v) is 6.54. The van der Waals surface area contributed by atoms with Crippen molar-refractivity contribution in [2.24, 2.45) is 5.10 Å². The fraction of sp³-hybridized carbons (Fsp3) is 0.105. The summed E-state index contributed by atoms with van der Waals surface area (Å²) in [4.78, 5) is 15.1. The largest absolute Gasteiger partial charge is 0.497 e. The SMILES string of the molecule is COc1ccc(-c2cnnc(N/N=C\c3cc(Br)ccc3OCC(=O)O)n2)cc1. The average Bonchev–Trinajstić information content (AvgIpc) is 2.73. The first kappa shape index (κ1) is 20.2. The van der Waals surface area contributed by atoms with E-state index < -0.39 is 12.6 Å². The molecular formula is C19H16BrN5O4. The van der Waals surface area contributed by atoms with Crippen LogP contribution < -0.4 is 14.9 Å². The maximum absolute atomic E-state index is 10.7. The van der Waals surface area contributed by atoms with Gasteiger partial charge in [0.05, 0.1) is 25.2 Å². The van der Waals surface area contributed by atoms with Gasteiger partial charge in [-0.3, -0.25) is 0 Å². The van der Waals surface area contributed by atoms with Gasteiger partial charge < -0.3 is 14.6 Å². The number of anilines is 1. The summed E-state index contributed by atoms with van der Waals surface area (Å²) in [5.74, 6) is 0.266. The number of hydrogen-bond acceptors (Lipinski definition) is 8. The number of halogens is 1. The molecule has 0 saturated heterocycles. The van der Waals surface area contributed by atoms with Gasteiger partial charge in [0.1, 0.15) is 11.5 Å². The van der Waals surface area contributed by atoms with Gasteiger partial charge in [0.25, 0.3) is 5.95 Å². The van der Waals surface area contributed by atoms with Crippen LogP contribution >= 0.6 is 15.9 Å². The molecule has 29 heavy (non-hydrogen) atoms. The Morgan fingerprint density at radius 3 is 2.79 bits per heavy atom. The zero-order valence-electron chi connectivity index (χ0n) is 15.2. The molecule has 0 radical (unpaired) electrons. The lowest BCUT2D eigenvalue weighted by molar-refractivity contribution is -0.139. The van der Waals surface area contributed by atoms with Crippen molar-refractivity contribution < 1.29 is 19.4 Å². The number of carboxylic acid groups (broad SMARTS) is 1. The van der Waals surface area contributed by atoms with E-state index in [0.29, 0.717) is 17.0 Å². The van der Waals surface area contributed by atoms with E-state index >= 15 is 0 Å². The zero-order chi connectivity index (χ0) is 20.6. The van der Waals surface area contributed by atoms with Crippen LogP contribution in [-0.2, 0) is 4.79 Å². The molecule has 0 saturated carbocycles. The summed E-state index contributed by atoms with van der Waals surface area (Å²) in [7, 11) is 1.60. The molecule has 0 amide bonds. The zero-order valence-corrected chi connectivity index (χ0v) is 16.8. The number of ether oxygens (including phenoxy) is 2. The first-order chi connectivity index (χ1) is 14.0. The molecule has 3 aromatic rings. The van der Waals surface area contributed by atoms with Gasteiger partial charge >= 0.3 is 5.97 Å². The summed E-state index contributed by atoms with van der Waals surface area (Å²) in [5.41, 5.74) is 4.76. The van der Waals surface area contributed by atoms with E-state index in [1.807, 2.05) is 24.3 Å². The van der Waals surface area contributed by atoms with Crippen molar-refractivity contribution in [3.8, 4) is 22.8 Å². The molecule has 148 valence electrons. The van der Waals surface area contributed by atoms with Gasteiger partial charge in [-0.15, -0.1) is 5.10 Å². The van der Waals surface area contributed by atoms with Crippen molar-refractivity contribution in [2.75, 3.05) is 19.1 Å². The van der Waals surface area contributed by atoms with Crippen molar-refractivity contribution in [2.45, 2.75) is 0 Å². The summed E-state index contributed by atoms with van der Waals surface area (Å²) in [6, 6.07) is 12.5. The quantitative estimate of drug-likeness (QED) is 0.390. The summed E-state index contributed by atoms with van der Waals surface area (Å²) < 4.78 is 11.2. The molecule has 0 aliphatic carbocycles. The predicted octanol–water partition coefficient (Wildman–Crippen LogP) is 3.22. The Hall–Kier alpha value is -3.53. The van der Waals surface area contributed by atoms with Crippen LogP contribution in [0.25, 0.3) is 11.3 Å². The van der Waals surface area contributed by atoms with E-state index in [1.165, 1.54) is 6.21 Å². The number of benzene rings is 2. The van der Waals surface area contributed by atoms with E-state index in [2.05, 4.69) is 41.6 Å². The third-order valence-electron chi connectivity index (χ3n) is 3.64. The molecule has 1 heterocycles. The Bertz CT molecular complexity index is 1030. The number of nitrogens with one attached hydrogen (secondary N) is 1. The van der Waals surface area contributed by atoms with Crippen LogP contribution in [0.5, 0.6) is 11.5 Å². The van der Waals surface area contributed by atoms with Crippen molar-refractivity contribution in [1.82, 2.24) is 15.2 Å². The van der Waals surface area contributed by atoms with Crippen LogP contribution in [0.3, 0.4) is 0 Å². The molecule has 0 unspecified atom stereocenters. The molecule has 0 aliphatic heterocycles. The smallest absolute Gasteiger partial charge is 0.341 e. The monoisotopic (exact) mass is 457 g/mol. The first-order valence-corrected chi connectivity index (χ1v) is 9.12. The Morgan fingerprint density at radius 2 is 2.07 bits per heavy atom. The van der Waals surface area contributed by atoms with Crippen LogP contribution in [0.1, 0.15) is 5.56 Å². The maximum Gasteiger partial charge on any atom is 0.341 e. The van der Waals surface area contributed by atoms with Crippen molar-refractivity contribution in [3.05, 3.63) is 58.7 Å². The molecular weight excluding hydrogens is 442 g/mol. The van der Waals surface area contributed by atoms with Gasteiger partial charge in [-0.1, -0.05) is 15.9 Å². The molecule has 1 aromatic heterocycles. The van der Waals surface area contributed by atoms with Crippen molar-refractivity contribution in [3.63, 3.8) is 0 Å². The second kappa shape index (κ2) is 9.60. The molecule has 0 spiro atoms. The van der Waals surface area contributed by atoms with Gasteiger partial charge in [-0.25, -0.2) is 15.2 Å².